The van der Waals surface area contributed by atoms with Gasteiger partial charge in [-0.1, -0.05) is 35.9 Å². The van der Waals surface area contributed by atoms with Crippen molar-refractivity contribution in [3.63, 3.8) is 0 Å². The monoisotopic (exact) mass is 409 g/mol. The first-order chi connectivity index (χ1) is 13.9. The van der Waals surface area contributed by atoms with Crippen LogP contribution in [0.1, 0.15) is 27.2 Å². The third-order valence-electron chi connectivity index (χ3n) is 4.51. The molecule has 1 N–H and O–H groups in total. The summed E-state index contributed by atoms with van der Waals surface area (Å²) in [5.74, 6) is -0.206. The van der Waals surface area contributed by atoms with Gasteiger partial charge >= 0.3 is 0 Å². The van der Waals surface area contributed by atoms with Crippen molar-refractivity contribution in [1.29, 1.82) is 0 Å². The first-order valence-electron chi connectivity index (χ1n) is 9.16. The molecule has 1 heterocycles. The standard InChI is InChI=1S/C22H23N3O3S/c1-17-6-12-21(13-7-17)29(27,28)25(2)16-18-8-10-19(11-9-18)22(26)24-15-20-5-3-4-14-23-20/h3-14H,15-16H2,1-2H3,(H,24,26). The highest BCUT2D eigenvalue weighted by molar-refractivity contribution is 7.89. The Morgan fingerprint density at radius 3 is 2.31 bits per heavy atom. The van der Waals surface area contributed by atoms with Crippen molar-refractivity contribution >= 4 is 15.9 Å². The fraction of sp³-hybridized carbons (Fsp3) is 0.182. The average molecular weight is 410 g/mol. The summed E-state index contributed by atoms with van der Waals surface area (Å²) >= 11 is 0. The molecular formula is C22H23N3O3S. The van der Waals surface area contributed by atoms with Gasteiger partial charge in [0.05, 0.1) is 17.1 Å². The van der Waals surface area contributed by atoms with Crippen LogP contribution in [0.3, 0.4) is 0 Å². The predicted molar refractivity (Wildman–Crippen MR) is 112 cm³/mol. The molecule has 0 unspecified atom stereocenters. The van der Waals surface area contributed by atoms with E-state index in [0.717, 1.165) is 16.8 Å². The molecule has 0 atom stereocenters. The van der Waals surface area contributed by atoms with Gasteiger partial charge in [-0.2, -0.15) is 4.31 Å². The second kappa shape index (κ2) is 8.98. The summed E-state index contributed by atoms with van der Waals surface area (Å²) in [5, 5.41) is 2.82. The first-order valence-corrected chi connectivity index (χ1v) is 10.6. The maximum atomic E-state index is 12.7. The van der Waals surface area contributed by atoms with Crippen LogP contribution >= 0.6 is 0 Å². The summed E-state index contributed by atoms with van der Waals surface area (Å²) in [5.41, 5.74) is 3.09. The first kappa shape index (κ1) is 20.7. The molecule has 0 saturated heterocycles. The van der Waals surface area contributed by atoms with E-state index in [1.807, 2.05) is 25.1 Å². The Balaban J connectivity index is 1.62. The lowest BCUT2D eigenvalue weighted by Crippen LogP contribution is -2.26. The van der Waals surface area contributed by atoms with Gasteiger partial charge in [0.25, 0.3) is 5.91 Å². The summed E-state index contributed by atoms with van der Waals surface area (Å²) in [7, 11) is -2.03. The van der Waals surface area contributed by atoms with Gasteiger partial charge in [0, 0.05) is 25.4 Å². The number of benzene rings is 2. The Morgan fingerprint density at radius 2 is 1.69 bits per heavy atom. The van der Waals surface area contributed by atoms with E-state index in [4.69, 9.17) is 0 Å². The van der Waals surface area contributed by atoms with Crippen LogP contribution in [0.2, 0.25) is 0 Å². The Kier molecular flexibility index (Phi) is 6.41. The minimum absolute atomic E-state index is 0.206. The largest absolute Gasteiger partial charge is 0.346 e. The van der Waals surface area contributed by atoms with Crippen molar-refractivity contribution in [2.45, 2.75) is 24.9 Å². The quantitative estimate of drug-likeness (QED) is 0.650. The van der Waals surface area contributed by atoms with Crippen molar-refractivity contribution in [2.75, 3.05) is 7.05 Å². The number of carbonyl (C=O) groups is 1. The molecule has 0 aliphatic rings. The molecule has 0 saturated carbocycles. The maximum Gasteiger partial charge on any atom is 0.251 e. The van der Waals surface area contributed by atoms with Crippen molar-refractivity contribution in [2.24, 2.45) is 0 Å². The van der Waals surface area contributed by atoms with E-state index < -0.39 is 10.0 Å². The predicted octanol–water partition coefficient (Wildman–Crippen LogP) is 3.14. The third kappa shape index (κ3) is 5.28. The number of aryl methyl sites for hydroxylation is 1. The van der Waals surface area contributed by atoms with Gasteiger partial charge in [0.2, 0.25) is 10.0 Å². The van der Waals surface area contributed by atoms with E-state index >= 15 is 0 Å². The van der Waals surface area contributed by atoms with Crippen LogP contribution in [-0.2, 0) is 23.1 Å². The van der Waals surface area contributed by atoms with Crippen molar-refractivity contribution in [1.82, 2.24) is 14.6 Å². The topological polar surface area (TPSA) is 79.4 Å². The minimum Gasteiger partial charge on any atom is -0.346 e. The van der Waals surface area contributed by atoms with Crippen molar-refractivity contribution in [3.05, 3.63) is 95.3 Å². The third-order valence-corrected chi connectivity index (χ3v) is 6.32. The molecule has 0 bridgehead atoms. The molecule has 0 aliphatic heterocycles. The van der Waals surface area contributed by atoms with Crippen molar-refractivity contribution in [3.8, 4) is 0 Å². The zero-order valence-electron chi connectivity index (χ0n) is 16.4. The lowest BCUT2D eigenvalue weighted by molar-refractivity contribution is 0.0950. The lowest BCUT2D eigenvalue weighted by Gasteiger charge is -2.17. The Hall–Kier alpha value is -3.03. The van der Waals surface area contributed by atoms with Crippen LogP contribution in [0, 0.1) is 6.92 Å². The number of nitrogens with zero attached hydrogens (tertiary/aromatic N) is 2. The number of rotatable bonds is 7. The molecule has 150 valence electrons. The van der Waals surface area contributed by atoms with E-state index in [2.05, 4.69) is 10.3 Å². The highest BCUT2D eigenvalue weighted by atomic mass is 32.2. The fourth-order valence-electron chi connectivity index (χ4n) is 2.77. The number of sulfonamides is 1. The summed E-state index contributed by atoms with van der Waals surface area (Å²) < 4.78 is 26.7. The zero-order valence-corrected chi connectivity index (χ0v) is 17.2. The van der Waals surface area contributed by atoms with Gasteiger partial charge in [-0.25, -0.2) is 8.42 Å². The summed E-state index contributed by atoms with van der Waals surface area (Å²) in [6, 6.07) is 19.2. The molecule has 1 aromatic heterocycles. The van der Waals surface area contributed by atoms with Gasteiger partial charge in [0.15, 0.2) is 0 Å². The van der Waals surface area contributed by atoms with Crippen molar-refractivity contribution < 1.29 is 13.2 Å². The zero-order chi connectivity index (χ0) is 20.9. The average Bonchev–Trinajstić information content (AvgIpc) is 2.73. The molecule has 6 nitrogen and oxygen atoms in total. The number of hydrogen-bond donors (Lipinski definition) is 1. The van der Waals surface area contributed by atoms with Gasteiger partial charge < -0.3 is 5.32 Å². The number of aromatic nitrogens is 1. The van der Waals surface area contributed by atoms with Gasteiger partial charge in [-0.3, -0.25) is 9.78 Å². The number of carbonyl (C=O) groups excluding carboxylic acids is 1. The van der Waals surface area contributed by atoms with Crippen LogP contribution < -0.4 is 5.32 Å². The molecule has 3 rings (SSSR count). The van der Waals surface area contributed by atoms with Crippen LogP contribution in [-0.4, -0.2) is 30.7 Å². The van der Waals surface area contributed by atoms with Crippen LogP contribution in [0.15, 0.2) is 77.8 Å². The maximum absolute atomic E-state index is 12.7. The molecular weight excluding hydrogens is 386 g/mol. The molecule has 3 aromatic rings. The van der Waals surface area contributed by atoms with E-state index in [1.54, 1.807) is 61.8 Å². The van der Waals surface area contributed by atoms with Gasteiger partial charge in [0.1, 0.15) is 0 Å². The van der Waals surface area contributed by atoms with E-state index in [1.165, 1.54) is 4.31 Å². The van der Waals surface area contributed by atoms with Gasteiger partial charge in [-0.15, -0.1) is 0 Å². The summed E-state index contributed by atoms with van der Waals surface area (Å²) in [6.07, 6.45) is 1.68. The molecule has 0 radical (unpaired) electrons. The normalized spacial score (nSPS) is 11.4. The molecule has 0 spiro atoms. The molecule has 0 aliphatic carbocycles. The second-order valence-electron chi connectivity index (χ2n) is 6.77. The summed E-state index contributed by atoms with van der Waals surface area (Å²) in [6.45, 7) is 2.47. The van der Waals surface area contributed by atoms with E-state index in [0.29, 0.717) is 12.1 Å². The molecule has 0 fully saturated rings. The highest BCUT2D eigenvalue weighted by Gasteiger charge is 2.20. The minimum atomic E-state index is -3.57. The van der Waals surface area contributed by atoms with E-state index in [-0.39, 0.29) is 17.3 Å². The Bertz CT molecular complexity index is 1060. The molecule has 29 heavy (non-hydrogen) atoms. The molecule has 7 heteroatoms. The highest BCUT2D eigenvalue weighted by Crippen LogP contribution is 2.17. The molecule has 1 amide bonds. The van der Waals surface area contributed by atoms with E-state index in [9.17, 15) is 13.2 Å². The number of nitrogens with one attached hydrogen (secondary N) is 1. The smallest absolute Gasteiger partial charge is 0.251 e. The summed E-state index contributed by atoms with van der Waals surface area (Å²) in [4.78, 5) is 16.7. The molecule has 2 aromatic carbocycles. The van der Waals surface area contributed by atoms with Gasteiger partial charge in [-0.05, 0) is 48.9 Å². The van der Waals surface area contributed by atoms with Crippen LogP contribution in [0.5, 0.6) is 0 Å². The Morgan fingerprint density at radius 1 is 1.00 bits per heavy atom. The number of hydrogen-bond acceptors (Lipinski definition) is 4. The lowest BCUT2D eigenvalue weighted by atomic mass is 10.1. The number of amides is 1. The number of pyridine rings is 1. The van der Waals surface area contributed by atoms with Crippen LogP contribution in [0.25, 0.3) is 0 Å². The SMILES string of the molecule is Cc1ccc(S(=O)(=O)N(C)Cc2ccc(C(=O)NCc3ccccn3)cc2)cc1. The fourth-order valence-corrected chi connectivity index (χ4v) is 3.93. The Labute approximate surface area is 171 Å². The van der Waals surface area contributed by atoms with Crippen LogP contribution in [0.4, 0.5) is 0 Å². The second-order valence-corrected chi connectivity index (χ2v) is 8.82.